The largest absolute Gasteiger partial charge is 0.382 e. The van der Waals surface area contributed by atoms with Gasteiger partial charge in [0.25, 0.3) is 10.1 Å². The van der Waals surface area contributed by atoms with Gasteiger partial charge in [-0.1, -0.05) is 30.0 Å². The molecule has 0 spiro atoms. The highest BCUT2D eigenvalue weighted by atomic mass is 32.2. The molecule has 0 aliphatic rings. The Labute approximate surface area is 182 Å². The van der Waals surface area contributed by atoms with Crippen LogP contribution >= 0.6 is 11.8 Å². The summed E-state index contributed by atoms with van der Waals surface area (Å²) >= 11 is 1.25. The van der Waals surface area contributed by atoms with E-state index in [0.717, 1.165) is 6.07 Å². The Bertz CT molecular complexity index is 1260. The van der Waals surface area contributed by atoms with Crippen molar-refractivity contribution in [3.05, 3.63) is 48.0 Å². The van der Waals surface area contributed by atoms with Crippen molar-refractivity contribution in [2.45, 2.75) is 17.0 Å². The smallest absolute Gasteiger partial charge is 0.296 e. The highest BCUT2D eigenvalue weighted by Crippen LogP contribution is 2.36. The summed E-state index contributed by atoms with van der Waals surface area (Å²) in [4.78, 5) is 7.55. The SMILES string of the molecule is CSc1nc(N)c(/N=N/c2cc(C)c(/N=N/c3ccccc3)cc2S(=O)(=O)O)c(N)n1. The third kappa shape index (κ3) is 5.39. The van der Waals surface area contributed by atoms with Gasteiger partial charge in [0.1, 0.15) is 10.6 Å². The van der Waals surface area contributed by atoms with E-state index in [9.17, 15) is 13.0 Å². The highest BCUT2D eigenvalue weighted by Gasteiger charge is 2.19. The lowest BCUT2D eigenvalue weighted by atomic mass is 10.2. The first-order chi connectivity index (χ1) is 14.7. The molecule has 13 heteroatoms. The van der Waals surface area contributed by atoms with Crippen LogP contribution in [0.2, 0.25) is 0 Å². The molecule has 0 saturated heterocycles. The molecule has 31 heavy (non-hydrogen) atoms. The van der Waals surface area contributed by atoms with Gasteiger partial charge in [-0.25, -0.2) is 9.97 Å². The summed E-state index contributed by atoms with van der Waals surface area (Å²) < 4.78 is 33.5. The fourth-order valence-corrected chi connectivity index (χ4v) is 3.43. The third-order valence-electron chi connectivity index (χ3n) is 3.94. The molecule has 160 valence electrons. The summed E-state index contributed by atoms with van der Waals surface area (Å²) in [7, 11) is -4.64. The molecular formula is C18H18N8O3S2. The third-order valence-corrected chi connectivity index (χ3v) is 5.37. The number of anilines is 2. The van der Waals surface area contributed by atoms with E-state index < -0.39 is 15.0 Å². The van der Waals surface area contributed by atoms with Crippen molar-refractivity contribution in [2.24, 2.45) is 20.5 Å². The number of aryl methyl sites for hydroxylation is 1. The number of nitrogens with two attached hydrogens (primary N) is 2. The van der Waals surface area contributed by atoms with Crippen molar-refractivity contribution >= 4 is 56.3 Å². The Hall–Kier alpha value is -3.42. The van der Waals surface area contributed by atoms with Crippen LogP contribution in [0.15, 0.2) is 73.0 Å². The first-order valence-electron chi connectivity index (χ1n) is 8.66. The lowest BCUT2D eigenvalue weighted by Gasteiger charge is -2.07. The summed E-state index contributed by atoms with van der Waals surface area (Å²) in [5.74, 6) is -0.0296. The van der Waals surface area contributed by atoms with Crippen LogP contribution in [0.4, 0.5) is 34.4 Å². The molecule has 2 aromatic carbocycles. The van der Waals surface area contributed by atoms with Crippen LogP contribution in [-0.4, -0.2) is 29.2 Å². The Morgan fingerprint density at radius 3 is 2.13 bits per heavy atom. The molecule has 5 N–H and O–H groups in total. The van der Waals surface area contributed by atoms with Crippen LogP contribution in [0, 0.1) is 6.92 Å². The number of rotatable bonds is 6. The second-order valence-electron chi connectivity index (χ2n) is 6.15. The fraction of sp³-hybridized carbons (Fsp3) is 0.111. The molecule has 0 bridgehead atoms. The van der Waals surface area contributed by atoms with Gasteiger partial charge in [0, 0.05) is 0 Å². The van der Waals surface area contributed by atoms with E-state index in [1.54, 1.807) is 37.4 Å². The summed E-state index contributed by atoms with van der Waals surface area (Å²) in [5, 5.41) is 16.3. The van der Waals surface area contributed by atoms with E-state index in [2.05, 4.69) is 30.4 Å². The quantitative estimate of drug-likeness (QED) is 0.204. The second kappa shape index (κ2) is 9.16. The predicted octanol–water partition coefficient (Wildman–Crippen LogP) is 4.75. The summed E-state index contributed by atoms with van der Waals surface area (Å²) in [6, 6.07) is 11.5. The molecule has 11 nitrogen and oxygen atoms in total. The maximum atomic E-state index is 11.9. The average molecular weight is 459 g/mol. The molecule has 0 aliphatic carbocycles. The zero-order valence-corrected chi connectivity index (χ0v) is 18.1. The summed E-state index contributed by atoms with van der Waals surface area (Å²) in [6.45, 7) is 1.69. The first-order valence-corrected chi connectivity index (χ1v) is 11.3. The maximum absolute atomic E-state index is 11.9. The topological polar surface area (TPSA) is 182 Å². The summed E-state index contributed by atoms with van der Waals surface area (Å²) in [5.41, 5.74) is 12.9. The van der Waals surface area contributed by atoms with E-state index in [-0.39, 0.29) is 28.7 Å². The van der Waals surface area contributed by atoms with Gasteiger partial charge < -0.3 is 11.5 Å². The summed E-state index contributed by atoms with van der Waals surface area (Å²) in [6.07, 6.45) is 1.76. The van der Waals surface area contributed by atoms with E-state index in [1.807, 2.05) is 6.07 Å². The van der Waals surface area contributed by atoms with Crippen LogP contribution in [0.25, 0.3) is 0 Å². The molecule has 0 fully saturated rings. The van der Waals surface area contributed by atoms with Crippen LogP contribution in [0.5, 0.6) is 0 Å². The van der Waals surface area contributed by atoms with Gasteiger partial charge in [-0.15, -0.1) is 10.2 Å². The van der Waals surface area contributed by atoms with Gasteiger partial charge in [-0.3, -0.25) is 4.55 Å². The van der Waals surface area contributed by atoms with Crippen molar-refractivity contribution in [1.82, 2.24) is 9.97 Å². The number of thioether (sulfide) groups is 1. The molecule has 1 heterocycles. The average Bonchev–Trinajstić information content (AvgIpc) is 2.72. The monoisotopic (exact) mass is 458 g/mol. The maximum Gasteiger partial charge on any atom is 0.296 e. The minimum atomic E-state index is -4.64. The van der Waals surface area contributed by atoms with Crippen LogP contribution in [0.1, 0.15) is 5.56 Å². The molecule has 0 radical (unpaired) electrons. The Morgan fingerprint density at radius 1 is 0.935 bits per heavy atom. The molecule has 0 saturated carbocycles. The minimum absolute atomic E-state index is 0.00965. The fourth-order valence-electron chi connectivity index (χ4n) is 2.43. The van der Waals surface area contributed by atoms with Crippen molar-refractivity contribution in [3.8, 4) is 0 Å². The number of hydrogen-bond acceptors (Lipinski definition) is 11. The molecule has 0 unspecified atom stereocenters. The number of hydrogen-bond donors (Lipinski definition) is 3. The molecule has 0 aliphatic heterocycles. The molecule has 3 rings (SSSR count). The van der Waals surface area contributed by atoms with Crippen molar-refractivity contribution in [1.29, 1.82) is 0 Å². The van der Waals surface area contributed by atoms with Crippen molar-refractivity contribution in [2.75, 3.05) is 17.7 Å². The number of aromatic nitrogens is 2. The van der Waals surface area contributed by atoms with Crippen molar-refractivity contribution < 1.29 is 13.0 Å². The van der Waals surface area contributed by atoms with Gasteiger partial charge in [-0.05, 0) is 43.0 Å². The lowest BCUT2D eigenvalue weighted by molar-refractivity contribution is 0.483. The van der Waals surface area contributed by atoms with E-state index in [0.29, 0.717) is 16.4 Å². The normalized spacial score (nSPS) is 12.1. The van der Waals surface area contributed by atoms with E-state index in [4.69, 9.17) is 11.5 Å². The number of azo groups is 2. The highest BCUT2D eigenvalue weighted by molar-refractivity contribution is 7.98. The van der Waals surface area contributed by atoms with E-state index in [1.165, 1.54) is 17.8 Å². The minimum Gasteiger partial charge on any atom is -0.382 e. The first kappa shape index (κ1) is 22.3. The van der Waals surface area contributed by atoms with Gasteiger partial charge >= 0.3 is 0 Å². The molecule has 0 atom stereocenters. The second-order valence-corrected chi connectivity index (χ2v) is 8.31. The molecular weight excluding hydrogens is 440 g/mol. The van der Waals surface area contributed by atoms with Crippen LogP contribution < -0.4 is 11.5 Å². The van der Waals surface area contributed by atoms with Crippen LogP contribution in [0.3, 0.4) is 0 Å². The number of benzene rings is 2. The van der Waals surface area contributed by atoms with Crippen molar-refractivity contribution in [3.63, 3.8) is 0 Å². The van der Waals surface area contributed by atoms with Gasteiger partial charge in [0.15, 0.2) is 22.5 Å². The zero-order valence-electron chi connectivity index (χ0n) is 16.5. The standard InChI is InChI=1S/C18H18N8O3S2/c1-10-8-13(25-26-15-16(19)21-18(30-2)22-17(15)20)14(31(27,28)29)9-12(10)24-23-11-6-4-3-5-7-11/h3-9H,1-2H3,(H,27,28,29)(H4,19,20,21,22)/b24-23+,26-25+. The Balaban J connectivity index is 2.04. The molecule has 3 aromatic rings. The zero-order chi connectivity index (χ0) is 22.6. The van der Waals surface area contributed by atoms with Gasteiger partial charge in [0.05, 0.1) is 11.4 Å². The molecule has 1 aromatic heterocycles. The van der Waals surface area contributed by atoms with Gasteiger partial charge in [-0.2, -0.15) is 18.6 Å². The number of nitrogen functional groups attached to an aromatic ring is 2. The Kier molecular flexibility index (Phi) is 6.58. The molecule has 0 amide bonds. The number of nitrogens with zero attached hydrogens (tertiary/aromatic N) is 6. The Morgan fingerprint density at radius 2 is 1.55 bits per heavy atom. The van der Waals surface area contributed by atoms with E-state index >= 15 is 0 Å². The van der Waals surface area contributed by atoms with Gasteiger partial charge in [0.2, 0.25) is 0 Å². The predicted molar refractivity (Wildman–Crippen MR) is 118 cm³/mol. The van der Waals surface area contributed by atoms with Crippen LogP contribution in [-0.2, 0) is 10.1 Å². The lowest BCUT2D eigenvalue weighted by Crippen LogP contribution is -2.01.